The van der Waals surface area contributed by atoms with Crippen molar-refractivity contribution in [2.24, 2.45) is 5.92 Å². The summed E-state index contributed by atoms with van der Waals surface area (Å²) in [7, 11) is 0. The van der Waals surface area contributed by atoms with E-state index in [-0.39, 0.29) is 17.7 Å². The first-order valence-corrected chi connectivity index (χ1v) is 9.24. The smallest absolute Gasteiger partial charge is 0.276 e. The van der Waals surface area contributed by atoms with Gasteiger partial charge >= 0.3 is 0 Å². The lowest BCUT2D eigenvalue weighted by Gasteiger charge is -2.33. The summed E-state index contributed by atoms with van der Waals surface area (Å²) in [5, 5.41) is 3.94. The molecule has 0 atom stereocenters. The van der Waals surface area contributed by atoms with Crippen LogP contribution in [-0.2, 0) is 4.79 Å². The van der Waals surface area contributed by atoms with Crippen molar-refractivity contribution in [1.29, 1.82) is 0 Å². The number of hydrogen-bond acceptors (Lipinski definition) is 4. The van der Waals surface area contributed by atoms with Crippen LogP contribution >= 0.6 is 0 Å². The maximum Gasteiger partial charge on any atom is 0.276 e. The normalized spacial score (nSPS) is 15.1. The Kier molecular flexibility index (Phi) is 5.71. The van der Waals surface area contributed by atoms with Crippen LogP contribution in [0.4, 0.5) is 0 Å². The van der Waals surface area contributed by atoms with Gasteiger partial charge in [-0.1, -0.05) is 35.5 Å². The number of piperidine rings is 1. The zero-order valence-corrected chi connectivity index (χ0v) is 15.4. The molecule has 0 N–H and O–H groups in total. The molecule has 1 aliphatic rings. The van der Waals surface area contributed by atoms with Crippen molar-refractivity contribution < 1.29 is 14.1 Å². The first-order valence-electron chi connectivity index (χ1n) is 9.24. The Labute approximate surface area is 153 Å². The predicted octanol–water partition coefficient (Wildman–Crippen LogP) is 3.06. The monoisotopic (exact) mass is 355 g/mol. The zero-order valence-electron chi connectivity index (χ0n) is 15.4. The number of nitrogens with zero attached hydrogens (tertiary/aromatic N) is 3. The second kappa shape index (κ2) is 8.17. The number of likely N-dealkylation sites (tertiary alicyclic amines) is 1. The molecule has 2 amide bonds. The van der Waals surface area contributed by atoms with E-state index in [2.05, 4.69) is 5.16 Å². The molecule has 138 valence electrons. The standard InChI is InChI=1S/C20H25N3O3/c1-3-22(4-2)19(24)16-10-12-23(13-11-16)20(25)17-14-18(26-21-17)15-8-6-5-7-9-15/h5-9,14,16H,3-4,10-13H2,1-2H3. The van der Waals surface area contributed by atoms with Crippen molar-refractivity contribution in [2.45, 2.75) is 26.7 Å². The van der Waals surface area contributed by atoms with Gasteiger partial charge in [0.05, 0.1) is 0 Å². The van der Waals surface area contributed by atoms with Gasteiger partial charge in [-0.15, -0.1) is 0 Å². The van der Waals surface area contributed by atoms with Crippen LogP contribution in [-0.4, -0.2) is 52.9 Å². The van der Waals surface area contributed by atoms with Crippen LogP contribution in [0.5, 0.6) is 0 Å². The molecule has 1 aromatic heterocycles. The minimum absolute atomic E-state index is 0.0103. The number of hydrogen-bond donors (Lipinski definition) is 0. The molecule has 2 heterocycles. The summed E-state index contributed by atoms with van der Waals surface area (Å²) < 4.78 is 5.32. The molecule has 0 unspecified atom stereocenters. The number of benzene rings is 1. The molecule has 0 spiro atoms. The summed E-state index contributed by atoms with van der Waals surface area (Å²) in [5.74, 6) is 0.663. The highest BCUT2D eigenvalue weighted by molar-refractivity contribution is 5.93. The van der Waals surface area contributed by atoms with Gasteiger partial charge in [0.2, 0.25) is 5.91 Å². The molecular weight excluding hydrogens is 330 g/mol. The van der Waals surface area contributed by atoms with Gasteiger partial charge in [-0.05, 0) is 26.7 Å². The Morgan fingerprint density at radius 1 is 1.15 bits per heavy atom. The molecule has 0 saturated carbocycles. The molecule has 1 fully saturated rings. The molecule has 6 nitrogen and oxygen atoms in total. The molecule has 26 heavy (non-hydrogen) atoms. The maximum absolute atomic E-state index is 12.7. The highest BCUT2D eigenvalue weighted by Gasteiger charge is 2.30. The first kappa shape index (κ1) is 18.2. The number of rotatable bonds is 5. The summed E-state index contributed by atoms with van der Waals surface area (Å²) >= 11 is 0. The van der Waals surface area contributed by atoms with E-state index in [1.807, 2.05) is 49.1 Å². The topological polar surface area (TPSA) is 66.7 Å². The lowest BCUT2D eigenvalue weighted by atomic mass is 9.95. The second-order valence-electron chi connectivity index (χ2n) is 6.52. The minimum Gasteiger partial charge on any atom is -0.355 e. The highest BCUT2D eigenvalue weighted by Crippen LogP contribution is 2.23. The van der Waals surface area contributed by atoms with Crippen LogP contribution in [0.25, 0.3) is 11.3 Å². The van der Waals surface area contributed by atoms with Crippen molar-refractivity contribution in [2.75, 3.05) is 26.2 Å². The van der Waals surface area contributed by atoms with E-state index < -0.39 is 0 Å². The van der Waals surface area contributed by atoms with Crippen LogP contribution in [0, 0.1) is 5.92 Å². The van der Waals surface area contributed by atoms with Crippen LogP contribution < -0.4 is 0 Å². The Balaban J connectivity index is 1.61. The Hall–Kier alpha value is -2.63. The molecule has 0 bridgehead atoms. The van der Waals surface area contributed by atoms with Gasteiger partial charge in [-0.3, -0.25) is 9.59 Å². The fraction of sp³-hybridized carbons (Fsp3) is 0.450. The largest absolute Gasteiger partial charge is 0.355 e. The van der Waals surface area contributed by atoms with Crippen molar-refractivity contribution in [3.05, 3.63) is 42.1 Å². The molecule has 0 aliphatic carbocycles. The van der Waals surface area contributed by atoms with Gasteiger partial charge in [0, 0.05) is 43.7 Å². The molecule has 6 heteroatoms. The van der Waals surface area contributed by atoms with Crippen LogP contribution in [0.3, 0.4) is 0 Å². The van der Waals surface area contributed by atoms with E-state index in [4.69, 9.17) is 4.52 Å². The summed E-state index contributed by atoms with van der Waals surface area (Å²) in [6.07, 6.45) is 1.40. The van der Waals surface area contributed by atoms with Crippen molar-refractivity contribution >= 4 is 11.8 Å². The molecule has 1 aromatic carbocycles. The summed E-state index contributed by atoms with van der Waals surface area (Å²) in [4.78, 5) is 28.8. The summed E-state index contributed by atoms with van der Waals surface area (Å²) in [6, 6.07) is 11.3. The molecule has 0 radical (unpaired) electrons. The van der Waals surface area contributed by atoms with Crippen LogP contribution in [0.15, 0.2) is 40.9 Å². The second-order valence-corrected chi connectivity index (χ2v) is 6.52. The molecule has 2 aromatic rings. The van der Waals surface area contributed by atoms with Crippen molar-refractivity contribution in [3.8, 4) is 11.3 Å². The van der Waals surface area contributed by atoms with E-state index in [9.17, 15) is 9.59 Å². The quantitative estimate of drug-likeness (QED) is 0.827. The fourth-order valence-corrected chi connectivity index (χ4v) is 3.40. The number of aromatic nitrogens is 1. The molecule has 3 rings (SSSR count). The van der Waals surface area contributed by atoms with E-state index in [1.54, 1.807) is 11.0 Å². The fourth-order valence-electron chi connectivity index (χ4n) is 3.40. The highest BCUT2D eigenvalue weighted by atomic mass is 16.5. The van der Waals surface area contributed by atoms with Gasteiger partial charge in [0.25, 0.3) is 5.91 Å². The Bertz CT molecular complexity index is 745. The predicted molar refractivity (Wildman–Crippen MR) is 98.5 cm³/mol. The van der Waals surface area contributed by atoms with Gasteiger partial charge < -0.3 is 14.3 Å². The molecule has 1 aliphatic heterocycles. The molecular formula is C20H25N3O3. The van der Waals surface area contributed by atoms with E-state index in [0.29, 0.717) is 37.4 Å². The lowest BCUT2D eigenvalue weighted by molar-refractivity contribution is -0.136. The SMILES string of the molecule is CCN(CC)C(=O)C1CCN(C(=O)c2cc(-c3ccccc3)on2)CC1. The van der Waals surface area contributed by atoms with Gasteiger partial charge in [-0.2, -0.15) is 0 Å². The third-order valence-corrected chi connectivity index (χ3v) is 4.99. The maximum atomic E-state index is 12.7. The van der Waals surface area contributed by atoms with Crippen molar-refractivity contribution in [3.63, 3.8) is 0 Å². The summed E-state index contributed by atoms with van der Waals surface area (Å²) in [5.41, 5.74) is 1.21. The minimum atomic E-state index is -0.135. The van der Waals surface area contributed by atoms with Gasteiger partial charge in [0.15, 0.2) is 11.5 Å². The molecule has 1 saturated heterocycles. The Morgan fingerprint density at radius 2 is 1.81 bits per heavy atom. The van der Waals surface area contributed by atoms with E-state index in [0.717, 1.165) is 18.7 Å². The first-order chi connectivity index (χ1) is 12.6. The average molecular weight is 355 g/mol. The van der Waals surface area contributed by atoms with E-state index >= 15 is 0 Å². The number of amides is 2. The lowest BCUT2D eigenvalue weighted by Crippen LogP contribution is -2.44. The van der Waals surface area contributed by atoms with Gasteiger partial charge in [0.1, 0.15) is 0 Å². The summed E-state index contributed by atoms with van der Waals surface area (Å²) in [6.45, 7) is 6.60. The van der Waals surface area contributed by atoms with Gasteiger partial charge in [-0.25, -0.2) is 0 Å². The van der Waals surface area contributed by atoms with Crippen LogP contribution in [0.2, 0.25) is 0 Å². The Morgan fingerprint density at radius 3 is 2.42 bits per heavy atom. The third-order valence-electron chi connectivity index (χ3n) is 4.99. The number of carbonyl (C=O) groups is 2. The zero-order chi connectivity index (χ0) is 18.5. The van der Waals surface area contributed by atoms with Crippen molar-refractivity contribution in [1.82, 2.24) is 15.0 Å². The van der Waals surface area contributed by atoms with E-state index in [1.165, 1.54) is 0 Å². The number of carbonyl (C=O) groups excluding carboxylic acids is 2. The average Bonchev–Trinajstić information content (AvgIpc) is 3.19. The van der Waals surface area contributed by atoms with Crippen LogP contribution in [0.1, 0.15) is 37.2 Å². The third kappa shape index (κ3) is 3.79.